The first kappa shape index (κ1) is 21.6. The standard InChI is InChI=1S/C23H31N3O2/c1-15-10-11-20(12-17(15)3)19(5)24-22(27)13-26(6)14-23(28)25-21-9-7-8-16(2)18(21)4/h7-12,19H,13-14H2,1-6H3,(H,24,27)(H,25,28)/p+1/t19-/m1/s1. The van der Waals surface area contributed by atoms with E-state index in [1.165, 1.54) is 11.1 Å². The van der Waals surface area contributed by atoms with Gasteiger partial charge in [0, 0.05) is 5.69 Å². The Balaban J connectivity index is 1.85. The molecule has 0 aliphatic carbocycles. The molecule has 0 radical (unpaired) electrons. The molecule has 28 heavy (non-hydrogen) atoms. The quantitative estimate of drug-likeness (QED) is 0.688. The highest BCUT2D eigenvalue weighted by Crippen LogP contribution is 2.18. The van der Waals surface area contributed by atoms with Crippen molar-refractivity contribution in [3.05, 3.63) is 64.2 Å². The zero-order chi connectivity index (χ0) is 20.8. The highest BCUT2D eigenvalue weighted by Gasteiger charge is 2.17. The van der Waals surface area contributed by atoms with Crippen LogP contribution in [-0.4, -0.2) is 32.0 Å². The monoisotopic (exact) mass is 382 g/mol. The van der Waals surface area contributed by atoms with Crippen LogP contribution in [0.15, 0.2) is 36.4 Å². The molecule has 0 aliphatic rings. The van der Waals surface area contributed by atoms with Crippen LogP contribution in [0.25, 0.3) is 0 Å². The third-order valence-corrected chi connectivity index (χ3v) is 5.21. The van der Waals surface area contributed by atoms with Gasteiger partial charge in [-0.25, -0.2) is 0 Å². The minimum absolute atomic E-state index is 0.0663. The number of amides is 2. The Kier molecular flexibility index (Phi) is 7.35. The van der Waals surface area contributed by atoms with E-state index >= 15 is 0 Å². The number of nitrogens with one attached hydrogen (secondary N) is 3. The van der Waals surface area contributed by atoms with Crippen LogP contribution in [0.1, 0.15) is 40.8 Å². The minimum Gasteiger partial charge on any atom is -0.345 e. The number of quaternary nitrogens is 1. The van der Waals surface area contributed by atoms with Gasteiger partial charge in [-0.05, 0) is 68.5 Å². The van der Waals surface area contributed by atoms with E-state index in [9.17, 15) is 9.59 Å². The summed E-state index contributed by atoms with van der Waals surface area (Å²) in [6.45, 7) is 10.6. The summed E-state index contributed by atoms with van der Waals surface area (Å²) in [6.07, 6.45) is 0. The average molecular weight is 383 g/mol. The van der Waals surface area contributed by atoms with Gasteiger partial charge in [0.1, 0.15) is 0 Å². The van der Waals surface area contributed by atoms with Gasteiger partial charge in [-0.1, -0.05) is 30.3 Å². The smallest absolute Gasteiger partial charge is 0.279 e. The van der Waals surface area contributed by atoms with Crippen LogP contribution in [-0.2, 0) is 9.59 Å². The summed E-state index contributed by atoms with van der Waals surface area (Å²) < 4.78 is 0. The Morgan fingerprint density at radius 2 is 1.61 bits per heavy atom. The molecule has 1 unspecified atom stereocenters. The van der Waals surface area contributed by atoms with Gasteiger partial charge < -0.3 is 15.5 Å². The van der Waals surface area contributed by atoms with E-state index in [4.69, 9.17) is 0 Å². The summed E-state index contributed by atoms with van der Waals surface area (Å²) in [5, 5.41) is 5.96. The summed E-state index contributed by atoms with van der Waals surface area (Å²) in [4.78, 5) is 25.5. The zero-order valence-electron chi connectivity index (χ0n) is 17.8. The number of aryl methyl sites for hydroxylation is 3. The molecule has 2 atom stereocenters. The number of rotatable bonds is 7. The Morgan fingerprint density at radius 3 is 2.29 bits per heavy atom. The van der Waals surface area contributed by atoms with E-state index in [1.807, 2.05) is 52.1 Å². The summed E-state index contributed by atoms with van der Waals surface area (Å²) >= 11 is 0. The van der Waals surface area contributed by atoms with Crippen molar-refractivity contribution < 1.29 is 14.5 Å². The summed E-state index contributed by atoms with van der Waals surface area (Å²) in [5.74, 6) is -0.163. The lowest BCUT2D eigenvalue weighted by molar-refractivity contribution is -0.862. The molecule has 0 saturated carbocycles. The molecule has 5 nitrogen and oxygen atoms in total. The second-order valence-electron chi connectivity index (χ2n) is 7.74. The largest absolute Gasteiger partial charge is 0.345 e. The maximum Gasteiger partial charge on any atom is 0.279 e. The van der Waals surface area contributed by atoms with Gasteiger partial charge in [0.25, 0.3) is 11.8 Å². The van der Waals surface area contributed by atoms with Gasteiger partial charge in [0.15, 0.2) is 13.1 Å². The molecule has 2 aromatic rings. The van der Waals surface area contributed by atoms with Crippen LogP contribution >= 0.6 is 0 Å². The molecular weight excluding hydrogens is 350 g/mol. The first-order valence-electron chi connectivity index (χ1n) is 9.71. The van der Waals surface area contributed by atoms with Gasteiger partial charge in [-0.3, -0.25) is 9.59 Å². The van der Waals surface area contributed by atoms with E-state index in [2.05, 4.69) is 36.6 Å². The molecule has 0 aromatic heterocycles. The number of carbonyl (C=O) groups is 2. The number of benzene rings is 2. The molecule has 0 aliphatic heterocycles. The lowest BCUT2D eigenvalue weighted by Gasteiger charge is -2.18. The Bertz CT molecular complexity index is 861. The van der Waals surface area contributed by atoms with Crippen molar-refractivity contribution in [3.63, 3.8) is 0 Å². The van der Waals surface area contributed by atoms with Crippen molar-refractivity contribution in [2.24, 2.45) is 0 Å². The molecule has 3 N–H and O–H groups in total. The predicted molar refractivity (Wildman–Crippen MR) is 114 cm³/mol. The summed E-state index contributed by atoms with van der Waals surface area (Å²) in [7, 11) is 1.85. The second kappa shape index (κ2) is 9.51. The zero-order valence-corrected chi connectivity index (χ0v) is 17.8. The predicted octanol–water partition coefficient (Wildman–Crippen LogP) is 2.25. The molecule has 0 heterocycles. The van der Waals surface area contributed by atoms with Crippen molar-refractivity contribution in [1.29, 1.82) is 0 Å². The lowest BCUT2D eigenvalue weighted by atomic mass is 10.0. The highest BCUT2D eigenvalue weighted by molar-refractivity contribution is 5.92. The van der Waals surface area contributed by atoms with E-state index in [0.717, 1.165) is 27.3 Å². The van der Waals surface area contributed by atoms with Crippen LogP contribution in [0.5, 0.6) is 0 Å². The Labute approximate surface area is 168 Å². The number of hydrogen-bond acceptors (Lipinski definition) is 2. The van der Waals surface area contributed by atoms with Gasteiger partial charge >= 0.3 is 0 Å². The van der Waals surface area contributed by atoms with E-state index < -0.39 is 0 Å². The molecular formula is C23H32N3O2+. The van der Waals surface area contributed by atoms with Crippen molar-refractivity contribution in [3.8, 4) is 0 Å². The number of anilines is 1. The van der Waals surface area contributed by atoms with Gasteiger partial charge in [0.2, 0.25) is 0 Å². The molecule has 2 aromatic carbocycles. The van der Waals surface area contributed by atoms with Crippen molar-refractivity contribution >= 4 is 17.5 Å². The first-order valence-corrected chi connectivity index (χ1v) is 9.71. The molecule has 0 fully saturated rings. The maximum absolute atomic E-state index is 12.4. The highest BCUT2D eigenvalue weighted by atomic mass is 16.2. The van der Waals surface area contributed by atoms with Gasteiger partial charge in [-0.15, -0.1) is 0 Å². The molecule has 2 rings (SSSR count). The Hall–Kier alpha value is -2.66. The first-order chi connectivity index (χ1) is 13.2. The molecule has 0 saturated heterocycles. The van der Waals surface area contributed by atoms with Crippen LogP contribution in [0.4, 0.5) is 5.69 Å². The molecule has 5 heteroatoms. The maximum atomic E-state index is 12.4. The summed E-state index contributed by atoms with van der Waals surface area (Å²) in [5.41, 5.74) is 6.56. The fourth-order valence-corrected chi connectivity index (χ4v) is 3.10. The third-order valence-electron chi connectivity index (χ3n) is 5.21. The van der Waals surface area contributed by atoms with E-state index in [-0.39, 0.29) is 30.9 Å². The van der Waals surface area contributed by atoms with Crippen LogP contribution in [0.3, 0.4) is 0 Å². The van der Waals surface area contributed by atoms with Crippen LogP contribution in [0.2, 0.25) is 0 Å². The fourth-order valence-electron chi connectivity index (χ4n) is 3.10. The molecule has 150 valence electrons. The van der Waals surface area contributed by atoms with Gasteiger partial charge in [-0.2, -0.15) is 0 Å². The lowest BCUT2D eigenvalue weighted by Crippen LogP contribution is -3.11. The molecule has 0 bridgehead atoms. The van der Waals surface area contributed by atoms with Crippen molar-refractivity contribution in [2.45, 2.75) is 40.7 Å². The fraction of sp³-hybridized carbons (Fsp3) is 0.391. The van der Waals surface area contributed by atoms with Crippen molar-refractivity contribution in [2.75, 3.05) is 25.5 Å². The molecule has 2 amide bonds. The van der Waals surface area contributed by atoms with Crippen LogP contribution < -0.4 is 15.5 Å². The number of likely N-dealkylation sites (N-methyl/N-ethyl adjacent to an activating group) is 1. The number of carbonyl (C=O) groups excluding carboxylic acids is 2. The topological polar surface area (TPSA) is 62.6 Å². The van der Waals surface area contributed by atoms with Crippen LogP contribution in [0, 0.1) is 27.7 Å². The second-order valence-corrected chi connectivity index (χ2v) is 7.74. The minimum atomic E-state index is -0.0961. The average Bonchev–Trinajstić information content (AvgIpc) is 2.60. The third kappa shape index (κ3) is 5.92. The van der Waals surface area contributed by atoms with Crippen molar-refractivity contribution in [1.82, 2.24) is 5.32 Å². The SMILES string of the molecule is Cc1ccc([C@@H](C)NC(=O)C[NH+](C)CC(=O)Nc2cccc(C)c2C)cc1C. The Morgan fingerprint density at radius 1 is 0.929 bits per heavy atom. The normalized spacial score (nSPS) is 12.9. The van der Waals surface area contributed by atoms with E-state index in [0.29, 0.717) is 0 Å². The molecule has 0 spiro atoms. The number of hydrogen-bond donors (Lipinski definition) is 3. The van der Waals surface area contributed by atoms with Gasteiger partial charge in [0.05, 0.1) is 13.1 Å². The summed E-state index contributed by atoms with van der Waals surface area (Å²) in [6, 6.07) is 12.0. The van der Waals surface area contributed by atoms with E-state index in [1.54, 1.807) is 0 Å².